The zero-order chi connectivity index (χ0) is 17.4. The molecule has 0 aliphatic rings. The summed E-state index contributed by atoms with van der Waals surface area (Å²) in [4.78, 5) is 28.4. The molecule has 7 heteroatoms. The monoisotopic (exact) mass is 343 g/mol. The van der Waals surface area contributed by atoms with Crippen molar-refractivity contribution >= 4 is 29.3 Å². The molecule has 1 amide bonds. The van der Waals surface area contributed by atoms with E-state index in [0.717, 1.165) is 0 Å². The van der Waals surface area contributed by atoms with Gasteiger partial charge in [-0.05, 0) is 24.3 Å². The number of anilines is 1. The van der Waals surface area contributed by atoms with Crippen molar-refractivity contribution in [3.05, 3.63) is 54.5 Å². The number of rotatable bonds is 7. The van der Waals surface area contributed by atoms with Crippen molar-refractivity contribution in [2.45, 2.75) is 11.3 Å². The van der Waals surface area contributed by atoms with Crippen LogP contribution in [0.2, 0.25) is 0 Å². The fourth-order valence-electron chi connectivity index (χ4n) is 1.88. The average Bonchev–Trinajstić information content (AvgIpc) is 2.58. The summed E-state index contributed by atoms with van der Waals surface area (Å²) < 4.78 is 13.5. The van der Waals surface area contributed by atoms with E-state index in [2.05, 4.69) is 10.3 Å². The van der Waals surface area contributed by atoms with E-state index < -0.39 is 17.6 Å². The minimum absolute atomic E-state index is 0.00708. The molecular weight excluding hydrogens is 329 g/mol. The number of thioether (sulfide) groups is 1. The molecule has 0 spiro atoms. The summed E-state index contributed by atoms with van der Waals surface area (Å²) in [6.45, 7) is 0. The maximum Gasteiger partial charge on any atom is 0.250 e. The molecule has 1 heterocycles. The van der Waals surface area contributed by atoms with Crippen LogP contribution in [0.25, 0.3) is 0 Å². The van der Waals surface area contributed by atoms with Crippen LogP contribution >= 0.6 is 11.8 Å². The summed E-state index contributed by atoms with van der Waals surface area (Å²) in [6, 6.07) is 12.9. The number of aromatic nitrogens is 1. The molecule has 1 N–H and O–H groups in total. The van der Waals surface area contributed by atoms with Crippen LogP contribution < -0.4 is 5.32 Å². The summed E-state index contributed by atoms with van der Waals surface area (Å²) in [5.74, 6) is -2.43. The van der Waals surface area contributed by atoms with Gasteiger partial charge < -0.3 is 5.32 Å². The molecule has 5 nitrogen and oxygen atoms in total. The second kappa shape index (κ2) is 8.79. The smallest absolute Gasteiger partial charge is 0.250 e. The number of nitriles is 1. The van der Waals surface area contributed by atoms with E-state index in [9.17, 15) is 14.0 Å². The van der Waals surface area contributed by atoms with Gasteiger partial charge in [0.15, 0.2) is 11.7 Å². The Bertz CT molecular complexity index is 762. The molecule has 0 saturated carbocycles. The number of carbonyl (C=O) groups is 2. The topological polar surface area (TPSA) is 82.8 Å². The summed E-state index contributed by atoms with van der Waals surface area (Å²) in [7, 11) is 0. The third kappa shape index (κ3) is 4.89. The highest BCUT2D eigenvalue weighted by Crippen LogP contribution is 2.22. The number of hydrogen-bond donors (Lipinski definition) is 1. The maximum absolute atomic E-state index is 13.5. The highest BCUT2D eigenvalue weighted by atomic mass is 32.2. The van der Waals surface area contributed by atoms with Gasteiger partial charge in [0, 0.05) is 23.3 Å². The quantitative estimate of drug-likeness (QED) is 0.617. The molecule has 1 atom stereocenters. The average molecular weight is 343 g/mol. The van der Waals surface area contributed by atoms with Gasteiger partial charge in [-0.2, -0.15) is 5.26 Å². The second-order valence-corrected chi connectivity index (χ2v) is 5.90. The Morgan fingerprint density at radius 3 is 2.67 bits per heavy atom. The molecule has 2 rings (SSSR count). The molecule has 0 unspecified atom stereocenters. The van der Waals surface area contributed by atoms with Crippen molar-refractivity contribution in [2.24, 2.45) is 5.92 Å². The predicted molar refractivity (Wildman–Crippen MR) is 88.7 cm³/mol. The minimum atomic E-state index is -1.41. The molecule has 122 valence electrons. The van der Waals surface area contributed by atoms with Crippen LogP contribution in [-0.2, 0) is 9.59 Å². The number of halogens is 1. The Labute approximate surface area is 142 Å². The first-order valence-corrected chi connectivity index (χ1v) is 8.12. The van der Waals surface area contributed by atoms with Crippen LogP contribution in [0, 0.1) is 23.1 Å². The fraction of sp³-hybridized carbons (Fsp3) is 0.176. The first-order chi connectivity index (χ1) is 11.6. The zero-order valence-corrected chi connectivity index (χ0v) is 13.4. The third-order valence-corrected chi connectivity index (χ3v) is 4.12. The summed E-state index contributed by atoms with van der Waals surface area (Å²) in [6.07, 6.45) is 1.48. The Kier molecular flexibility index (Phi) is 6.46. The van der Waals surface area contributed by atoms with Gasteiger partial charge in [0.1, 0.15) is 11.6 Å². The van der Waals surface area contributed by atoms with Crippen LogP contribution in [0.4, 0.5) is 10.2 Å². The van der Waals surface area contributed by atoms with E-state index in [-0.39, 0.29) is 23.8 Å². The molecule has 0 saturated heterocycles. The molecule has 0 aliphatic carbocycles. The number of carbonyl (C=O) groups excluding carboxylic acids is 2. The number of pyridine rings is 1. The second-order valence-electron chi connectivity index (χ2n) is 4.76. The van der Waals surface area contributed by atoms with Gasteiger partial charge in [0.05, 0.1) is 6.07 Å². The molecule has 24 heavy (non-hydrogen) atoms. The lowest BCUT2D eigenvalue weighted by molar-refractivity contribution is -0.128. The largest absolute Gasteiger partial charge is 0.309 e. The summed E-state index contributed by atoms with van der Waals surface area (Å²) in [5, 5.41) is 11.5. The molecule has 1 aromatic carbocycles. The van der Waals surface area contributed by atoms with E-state index in [1.165, 1.54) is 24.0 Å². The van der Waals surface area contributed by atoms with Crippen molar-refractivity contribution in [1.29, 1.82) is 5.26 Å². The molecular formula is C17H14FN3O2S. The van der Waals surface area contributed by atoms with Gasteiger partial charge in [0.25, 0.3) is 5.91 Å². The SMILES string of the molecule is N#C[C@H](C(=O)CCSc1ccccc1F)C(=O)Nc1ccccn1. The first-order valence-electron chi connectivity index (χ1n) is 7.13. The van der Waals surface area contributed by atoms with Crippen LogP contribution in [0.5, 0.6) is 0 Å². The minimum Gasteiger partial charge on any atom is -0.309 e. The van der Waals surface area contributed by atoms with Crippen LogP contribution in [0.3, 0.4) is 0 Å². The van der Waals surface area contributed by atoms with Crippen molar-refractivity contribution in [1.82, 2.24) is 4.98 Å². The Morgan fingerprint density at radius 1 is 1.25 bits per heavy atom. The third-order valence-electron chi connectivity index (χ3n) is 3.07. The molecule has 2 aromatic rings. The standard InChI is InChI=1S/C17H14FN3O2S/c18-13-5-1-2-6-15(13)24-10-8-14(22)12(11-19)17(23)21-16-7-3-4-9-20-16/h1-7,9,12H,8,10H2,(H,20,21,23)/t12-/m1/s1. The van der Waals surface area contributed by atoms with Crippen molar-refractivity contribution in [3.63, 3.8) is 0 Å². The zero-order valence-electron chi connectivity index (χ0n) is 12.6. The Balaban J connectivity index is 1.88. The number of nitrogens with one attached hydrogen (secondary N) is 1. The van der Waals surface area contributed by atoms with E-state index >= 15 is 0 Å². The van der Waals surface area contributed by atoms with E-state index in [1.807, 2.05) is 0 Å². The van der Waals surface area contributed by atoms with Crippen molar-refractivity contribution in [2.75, 3.05) is 11.1 Å². The van der Waals surface area contributed by atoms with E-state index in [4.69, 9.17) is 5.26 Å². The van der Waals surface area contributed by atoms with Gasteiger partial charge in [0.2, 0.25) is 0 Å². The van der Waals surface area contributed by atoms with Gasteiger partial charge in [-0.15, -0.1) is 11.8 Å². The number of nitrogens with zero attached hydrogens (tertiary/aromatic N) is 2. The number of ketones is 1. The predicted octanol–water partition coefficient (Wildman–Crippen LogP) is 3.05. The molecule has 0 radical (unpaired) electrons. The van der Waals surface area contributed by atoms with Gasteiger partial charge in [-0.25, -0.2) is 9.37 Å². The number of hydrogen-bond acceptors (Lipinski definition) is 5. The maximum atomic E-state index is 13.5. The van der Waals surface area contributed by atoms with Crippen molar-refractivity contribution < 1.29 is 14.0 Å². The lowest BCUT2D eigenvalue weighted by Gasteiger charge is -2.09. The first kappa shape index (κ1) is 17.6. The van der Waals surface area contributed by atoms with Gasteiger partial charge in [-0.1, -0.05) is 18.2 Å². The molecule has 1 aromatic heterocycles. The van der Waals surface area contributed by atoms with Crippen LogP contribution in [-0.4, -0.2) is 22.4 Å². The lowest BCUT2D eigenvalue weighted by Crippen LogP contribution is -2.29. The van der Waals surface area contributed by atoms with Gasteiger partial charge >= 0.3 is 0 Å². The number of Topliss-reactive ketones (excluding diaryl/α,β-unsaturated/α-hetero) is 1. The van der Waals surface area contributed by atoms with E-state index in [0.29, 0.717) is 4.90 Å². The highest BCUT2D eigenvalue weighted by molar-refractivity contribution is 7.99. The van der Waals surface area contributed by atoms with Crippen molar-refractivity contribution in [3.8, 4) is 6.07 Å². The molecule has 0 bridgehead atoms. The van der Waals surface area contributed by atoms with Gasteiger partial charge in [-0.3, -0.25) is 9.59 Å². The molecule has 0 fully saturated rings. The Hall–Kier alpha value is -2.72. The van der Waals surface area contributed by atoms with Crippen LogP contribution in [0.1, 0.15) is 6.42 Å². The number of amides is 1. The lowest BCUT2D eigenvalue weighted by atomic mass is 10.0. The highest BCUT2D eigenvalue weighted by Gasteiger charge is 2.26. The summed E-state index contributed by atoms with van der Waals surface area (Å²) >= 11 is 1.17. The number of benzene rings is 1. The van der Waals surface area contributed by atoms with E-state index in [1.54, 1.807) is 42.5 Å². The fourth-order valence-corrected chi connectivity index (χ4v) is 2.78. The van der Waals surface area contributed by atoms with Crippen LogP contribution in [0.15, 0.2) is 53.6 Å². The Morgan fingerprint density at radius 2 is 2.00 bits per heavy atom. The normalized spacial score (nSPS) is 11.3. The summed E-state index contributed by atoms with van der Waals surface area (Å²) in [5.41, 5.74) is 0. The molecule has 0 aliphatic heterocycles.